The fraction of sp³-hybridized carbons (Fsp3) is 0.600. The van der Waals surface area contributed by atoms with Gasteiger partial charge >= 0.3 is 5.97 Å². The van der Waals surface area contributed by atoms with E-state index in [4.69, 9.17) is 4.74 Å². The number of hydrogen-bond acceptors (Lipinski definition) is 4. The van der Waals surface area contributed by atoms with Crippen LogP contribution in [0.2, 0.25) is 0 Å². The van der Waals surface area contributed by atoms with Crippen LogP contribution >= 0.6 is 0 Å². The number of fused-ring (bicyclic) bond motifs is 1. The molecule has 2 unspecified atom stereocenters. The highest BCUT2D eigenvalue weighted by molar-refractivity contribution is 6.05. The minimum absolute atomic E-state index is 0.115. The number of carboxylic acids is 1. The number of nitrogens with one attached hydrogen (secondary N) is 1. The van der Waals surface area contributed by atoms with Crippen LogP contribution in [-0.4, -0.2) is 46.3 Å². The Kier molecular flexibility index (Phi) is 6.36. The summed E-state index contributed by atoms with van der Waals surface area (Å²) in [6, 6.07) is 5.99. The van der Waals surface area contributed by atoms with Crippen LogP contribution in [-0.2, 0) is 4.79 Å². The molecule has 3 atom stereocenters. The Labute approximate surface area is 224 Å². The number of carbonyl (C=O) groups excluding carboxylic acids is 1. The van der Waals surface area contributed by atoms with Crippen molar-refractivity contribution in [3.63, 3.8) is 0 Å². The smallest absolute Gasteiger partial charge is 0.326 e. The van der Waals surface area contributed by atoms with Gasteiger partial charge in [0.1, 0.15) is 17.6 Å². The molecule has 2 aromatic carbocycles. The number of alkyl halides is 2. The normalized spacial score (nSPS) is 32.2. The van der Waals surface area contributed by atoms with Gasteiger partial charge in [0, 0.05) is 23.6 Å². The molecule has 0 heterocycles. The molecule has 39 heavy (non-hydrogen) atoms. The van der Waals surface area contributed by atoms with E-state index in [9.17, 15) is 33.0 Å². The standard InChI is InChI=1S/C30H34F3NO5/c31-21-2-4-22-20(10-21)1-3-23(24(22)39-15-17-5-7-30(32,33)8-6-17)26(35)34-25(27(36)37)28-11-18-9-19(12-28)14-29(38,13-18)16-28/h1-4,10,17-19,25,38H,5-9,11-16H2,(H,34,35)(H,36,37)/t18?,19?,25-,28?,29?/m1/s1. The van der Waals surface area contributed by atoms with E-state index in [2.05, 4.69) is 5.32 Å². The first-order chi connectivity index (χ1) is 18.4. The van der Waals surface area contributed by atoms with E-state index < -0.39 is 40.7 Å². The van der Waals surface area contributed by atoms with E-state index in [1.54, 1.807) is 6.07 Å². The highest BCUT2D eigenvalue weighted by Gasteiger charge is 2.61. The van der Waals surface area contributed by atoms with Crippen LogP contribution in [0.15, 0.2) is 30.3 Å². The quantitative estimate of drug-likeness (QED) is 0.415. The number of carbonyl (C=O) groups is 2. The summed E-state index contributed by atoms with van der Waals surface area (Å²) in [4.78, 5) is 26.3. The SMILES string of the molecule is O=C(N[C@H](C(=O)O)C12CC3CC(CC(O)(C3)C1)C2)c1ccc2cc(F)ccc2c1OCC1CCC(F)(F)CC1. The molecular weight excluding hydrogens is 511 g/mol. The molecule has 0 spiro atoms. The zero-order valence-electron chi connectivity index (χ0n) is 21.7. The van der Waals surface area contributed by atoms with Gasteiger partial charge in [-0.1, -0.05) is 6.07 Å². The molecule has 6 nitrogen and oxygen atoms in total. The summed E-state index contributed by atoms with van der Waals surface area (Å²) >= 11 is 0. The van der Waals surface area contributed by atoms with Crippen molar-refractivity contribution in [2.45, 2.75) is 81.8 Å². The molecule has 2 aromatic rings. The largest absolute Gasteiger partial charge is 0.492 e. The first-order valence-corrected chi connectivity index (χ1v) is 13.9. The molecule has 5 aliphatic rings. The van der Waals surface area contributed by atoms with Gasteiger partial charge in [-0.3, -0.25) is 4.79 Å². The van der Waals surface area contributed by atoms with Crippen LogP contribution in [0.3, 0.4) is 0 Å². The minimum Gasteiger partial charge on any atom is -0.492 e. The van der Waals surface area contributed by atoms with Crippen molar-refractivity contribution in [2.75, 3.05) is 6.61 Å². The van der Waals surface area contributed by atoms with E-state index in [0.29, 0.717) is 55.7 Å². The van der Waals surface area contributed by atoms with Crippen LogP contribution in [0.1, 0.15) is 74.6 Å². The summed E-state index contributed by atoms with van der Waals surface area (Å²) in [5.41, 5.74) is -1.50. The summed E-state index contributed by atoms with van der Waals surface area (Å²) in [6.45, 7) is 0.121. The van der Waals surface area contributed by atoms with Gasteiger partial charge in [0.2, 0.25) is 5.92 Å². The summed E-state index contributed by atoms with van der Waals surface area (Å²) < 4.78 is 47.3. The molecule has 3 N–H and O–H groups in total. The third kappa shape index (κ3) is 4.98. The fourth-order valence-corrected chi connectivity index (χ4v) is 8.38. The van der Waals surface area contributed by atoms with Gasteiger partial charge in [-0.05, 0) is 98.8 Å². The second kappa shape index (κ2) is 9.39. The third-order valence-electron chi connectivity index (χ3n) is 9.69. The Morgan fingerprint density at radius 3 is 2.38 bits per heavy atom. The zero-order valence-corrected chi connectivity index (χ0v) is 21.7. The lowest BCUT2D eigenvalue weighted by Crippen LogP contribution is -2.64. The fourth-order valence-electron chi connectivity index (χ4n) is 8.38. The first-order valence-electron chi connectivity index (χ1n) is 13.9. The van der Waals surface area contributed by atoms with Gasteiger partial charge in [0.15, 0.2) is 0 Å². The number of ether oxygens (including phenoxy) is 1. The van der Waals surface area contributed by atoms with Crippen molar-refractivity contribution < 1.29 is 37.7 Å². The van der Waals surface area contributed by atoms with Crippen molar-refractivity contribution in [3.05, 3.63) is 41.7 Å². The predicted molar refractivity (Wildman–Crippen MR) is 137 cm³/mol. The summed E-state index contributed by atoms with van der Waals surface area (Å²) in [7, 11) is 0. The second-order valence-electron chi connectivity index (χ2n) is 12.7. The molecular formula is C30H34F3NO5. The number of benzene rings is 2. The number of aliphatic hydroxyl groups is 1. The molecule has 5 fully saturated rings. The van der Waals surface area contributed by atoms with Crippen molar-refractivity contribution in [3.8, 4) is 5.75 Å². The molecule has 4 bridgehead atoms. The molecule has 0 aliphatic heterocycles. The average molecular weight is 546 g/mol. The van der Waals surface area contributed by atoms with Crippen LogP contribution < -0.4 is 10.1 Å². The second-order valence-corrected chi connectivity index (χ2v) is 12.7. The molecule has 5 aliphatic carbocycles. The zero-order chi connectivity index (χ0) is 27.6. The maximum Gasteiger partial charge on any atom is 0.326 e. The van der Waals surface area contributed by atoms with Crippen LogP contribution in [0.5, 0.6) is 5.75 Å². The monoisotopic (exact) mass is 545 g/mol. The molecule has 0 saturated heterocycles. The lowest BCUT2D eigenvalue weighted by Gasteiger charge is -2.61. The molecule has 5 saturated carbocycles. The van der Waals surface area contributed by atoms with Crippen molar-refractivity contribution in [2.24, 2.45) is 23.2 Å². The third-order valence-corrected chi connectivity index (χ3v) is 9.69. The molecule has 9 heteroatoms. The molecule has 7 rings (SSSR count). The Bertz CT molecular complexity index is 1290. The Balaban J connectivity index is 1.29. The van der Waals surface area contributed by atoms with E-state index in [0.717, 1.165) is 6.42 Å². The highest BCUT2D eigenvalue weighted by atomic mass is 19.3. The van der Waals surface area contributed by atoms with Gasteiger partial charge in [-0.2, -0.15) is 0 Å². The minimum atomic E-state index is -2.67. The van der Waals surface area contributed by atoms with Gasteiger partial charge in [0.05, 0.1) is 17.8 Å². The summed E-state index contributed by atoms with van der Waals surface area (Å²) in [6.07, 6.45) is 4.14. The number of amides is 1. The maximum absolute atomic E-state index is 14.0. The first kappa shape index (κ1) is 26.4. The number of carboxylic acid groups (broad SMARTS) is 1. The van der Waals surface area contributed by atoms with Gasteiger partial charge in [0.25, 0.3) is 5.91 Å². The van der Waals surface area contributed by atoms with E-state index in [1.165, 1.54) is 24.3 Å². The van der Waals surface area contributed by atoms with Crippen molar-refractivity contribution in [1.29, 1.82) is 0 Å². The van der Waals surface area contributed by atoms with Crippen molar-refractivity contribution >= 4 is 22.6 Å². The summed E-state index contributed by atoms with van der Waals surface area (Å²) in [5, 5.41) is 25.2. The van der Waals surface area contributed by atoms with E-state index >= 15 is 0 Å². The molecule has 0 radical (unpaired) electrons. The van der Waals surface area contributed by atoms with Crippen LogP contribution in [0.25, 0.3) is 10.8 Å². The molecule has 0 aromatic heterocycles. The van der Waals surface area contributed by atoms with E-state index in [-0.39, 0.29) is 48.5 Å². The van der Waals surface area contributed by atoms with Gasteiger partial charge < -0.3 is 20.3 Å². The van der Waals surface area contributed by atoms with Crippen LogP contribution in [0, 0.1) is 29.0 Å². The Morgan fingerprint density at radius 1 is 1.05 bits per heavy atom. The number of rotatable bonds is 7. The molecule has 1 amide bonds. The van der Waals surface area contributed by atoms with Gasteiger partial charge in [-0.15, -0.1) is 0 Å². The summed E-state index contributed by atoms with van der Waals surface area (Å²) in [5.74, 6) is -4.32. The highest BCUT2D eigenvalue weighted by Crippen LogP contribution is 2.62. The van der Waals surface area contributed by atoms with Crippen molar-refractivity contribution in [1.82, 2.24) is 5.32 Å². The van der Waals surface area contributed by atoms with Crippen LogP contribution in [0.4, 0.5) is 13.2 Å². The van der Waals surface area contributed by atoms with Gasteiger partial charge in [-0.25, -0.2) is 18.0 Å². The molecule has 210 valence electrons. The Morgan fingerprint density at radius 2 is 1.74 bits per heavy atom. The topological polar surface area (TPSA) is 95.9 Å². The number of aliphatic carboxylic acids is 1. The lowest BCUT2D eigenvalue weighted by molar-refractivity contribution is -0.181. The number of hydrogen-bond donors (Lipinski definition) is 3. The Hall–Kier alpha value is -2.81. The lowest BCUT2D eigenvalue weighted by atomic mass is 9.46. The maximum atomic E-state index is 14.0. The van der Waals surface area contributed by atoms with E-state index in [1.807, 2.05) is 0 Å². The average Bonchev–Trinajstić information content (AvgIpc) is 2.84. The number of halogens is 3. The predicted octanol–water partition coefficient (Wildman–Crippen LogP) is 5.70.